The first-order chi connectivity index (χ1) is 15.4. The summed E-state index contributed by atoms with van der Waals surface area (Å²) in [7, 11) is 0. The van der Waals surface area contributed by atoms with E-state index < -0.39 is 23.6 Å². The molecule has 1 aliphatic rings. The molecule has 33 heavy (non-hydrogen) atoms. The fraction of sp³-hybridized carbons (Fsp3) is 0.583. The summed E-state index contributed by atoms with van der Waals surface area (Å²) in [5, 5.41) is 13.8. The molecule has 0 bridgehead atoms. The predicted octanol–water partition coefficient (Wildman–Crippen LogP) is 3.95. The normalized spacial score (nSPS) is 17.1. The van der Waals surface area contributed by atoms with Gasteiger partial charge in [-0.1, -0.05) is 13.0 Å². The Kier molecular flexibility index (Phi) is 6.83. The Hall–Kier alpha value is -2.94. The molecule has 2 aromatic rings. The highest BCUT2D eigenvalue weighted by molar-refractivity contribution is 5.87. The van der Waals surface area contributed by atoms with Gasteiger partial charge in [0.15, 0.2) is 17.4 Å². The van der Waals surface area contributed by atoms with E-state index in [0.717, 1.165) is 12.8 Å². The zero-order chi connectivity index (χ0) is 24.6. The number of esters is 1. The van der Waals surface area contributed by atoms with Crippen LogP contribution in [-0.2, 0) is 14.3 Å². The number of hydrogen-bond acceptors (Lipinski definition) is 7. The molecular formula is C24H34N4O5. The van der Waals surface area contributed by atoms with Crippen LogP contribution in [0, 0.1) is 12.3 Å². The number of aromatic nitrogens is 3. The number of carbonyl (C=O) groups is 2. The van der Waals surface area contributed by atoms with Crippen LogP contribution in [0.5, 0.6) is 0 Å². The molecule has 0 aromatic carbocycles. The lowest BCUT2D eigenvalue weighted by atomic mass is 9.80. The molecule has 1 fully saturated rings. The first-order valence-corrected chi connectivity index (χ1v) is 11.3. The number of nitrogens with zero attached hydrogens (tertiary/aromatic N) is 4. The highest BCUT2D eigenvalue weighted by Gasteiger charge is 2.37. The first kappa shape index (κ1) is 24.7. The lowest BCUT2D eigenvalue weighted by Gasteiger charge is -2.40. The fourth-order valence-corrected chi connectivity index (χ4v) is 4.06. The molecule has 0 amide bonds. The molecule has 1 saturated heterocycles. The molecule has 180 valence electrons. The van der Waals surface area contributed by atoms with Gasteiger partial charge < -0.3 is 19.5 Å². The third-order valence-electron chi connectivity index (χ3n) is 5.96. The van der Waals surface area contributed by atoms with Gasteiger partial charge in [0, 0.05) is 24.8 Å². The van der Waals surface area contributed by atoms with Crippen LogP contribution >= 0.6 is 0 Å². The van der Waals surface area contributed by atoms with E-state index >= 15 is 0 Å². The minimum atomic E-state index is -1.14. The first-order valence-electron chi connectivity index (χ1n) is 11.3. The number of fused-ring (bicyclic) bond motifs is 1. The van der Waals surface area contributed by atoms with Gasteiger partial charge in [-0.3, -0.25) is 0 Å². The molecule has 9 nitrogen and oxygen atoms in total. The van der Waals surface area contributed by atoms with Gasteiger partial charge in [-0.15, -0.1) is 6.58 Å². The molecule has 2 aromatic heterocycles. The zero-order valence-corrected chi connectivity index (χ0v) is 20.3. The average Bonchev–Trinajstić information content (AvgIpc) is 3.15. The largest absolute Gasteiger partial charge is 0.476 e. The summed E-state index contributed by atoms with van der Waals surface area (Å²) in [6, 6.07) is 1.43. The Morgan fingerprint density at radius 3 is 2.48 bits per heavy atom. The Bertz CT molecular complexity index is 1060. The maximum atomic E-state index is 13.1. The Morgan fingerprint density at radius 1 is 1.33 bits per heavy atom. The second kappa shape index (κ2) is 9.13. The molecule has 1 atom stereocenters. The van der Waals surface area contributed by atoms with Crippen LogP contribution in [0.15, 0.2) is 18.7 Å². The number of aryl methyl sites for hydroxylation is 1. The average molecular weight is 459 g/mol. The van der Waals surface area contributed by atoms with E-state index in [-0.39, 0.29) is 17.7 Å². The quantitative estimate of drug-likeness (QED) is 0.491. The third-order valence-corrected chi connectivity index (χ3v) is 5.96. The Morgan fingerprint density at radius 2 is 1.97 bits per heavy atom. The SMILES string of the molecule is C=CC1(C)CCN(c2c([C@H](OC(C)(C)C)C(=O)OCC)c(C)nc3cc(C(=O)O)nn23)CC1. The smallest absolute Gasteiger partial charge is 0.356 e. The molecule has 0 aliphatic carbocycles. The summed E-state index contributed by atoms with van der Waals surface area (Å²) >= 11 is 0. The van der Waals surface area contributed by atoms with E-state index in [1.807, 2.05) is 26.8 Å². The van der Waals surface area contributed by atoms with Crippen LogP contribution in [-0.4, -0.2) is 56.9 Å². The summed E-state index contributed by atoms with van der Waals surface area (Å²) in [6.45, 7) is 16.9. The van der Waals surface area contributed by atoms with Crippen molar-refractivity contribution >= 4 is 23.4 Å². The number of carboxylic acid groups (broad SMARTS) is 1. The number of aromatic carboxylic acids is 1. The number of carbonyl (C=O) groups excluding carboxylic acids is 1. The van der Waals surface area contributed by atoms with E-state index in [4.69, 9.17) is 9.47 Å². The van der Waals surface area contributed by atoms with Gasteiger partial charge in [0.1, 0.15) is 5.82 Å². The highest BCUT2D eigenvalue weighted by Crippen LogP contribution is 2.39. The number of hydrogen-bond donors (Lipinski definition) is 1. The molecule has 0 spiro atoms. The third kappa shape index (κ3) is 5.19. The summed E-state index contributed by atoms with van der Waals surface area (Å²) in [6.07, 6.45) is 2.66. The van der Waals surface area contributed by atoms with Crippen LogP contribution < -0.4 is 4.90 Å². The van der Waals surface area contributed by atoms with Crippen LogP contribution in [0.2, 0.25) is 0 Å². The lowest BCUT2D eigenvalue weighted by Crippen LogP contribution is -2.40. The van der Waals surface area contributed by atoms with Gasteiger partial charge in [0.2, 0.25) is 0 Å². The highest BCUT2D eigenvalue weighted by atomic mass is 16.6. The maximum Gasteiger partial charge on any atom is 0.356 e. The minimum absolute atomic E-state index is 0.0106. The van der Waals surface area contributed by atoms with Gasteiger partial charge in [0.25, 0.3) is 0 Å². The van der Waals surface area contributed by atoms with Gasteiger partial charge >= 0.3 is 11.9 Å². The number of allylic oxidation sites excluding steroid dienone is 1. The lowest BCUT2D eigenvalue weighted by molar-refractivity contribution is -0.166. The topological polar surface area (TPSA) is 106 Å². The molecular weight excluding hydrogens is 424 g/mol. The van der Waals surface area contributed by atoms with Crippen molar-refractivity contribution in [3.05, 3.63) is 35.7 Å². The van der Waals surface area contributed by atoms with Crippen molar-refractivity contribution in [2.24, 2.45) is 5.41 Å². The summed E-state index contributed by atoms with van der Waals surface area (Å²) in [5.74, 6) is -1.05. The van der Waals surface area contributed by atoms with E-state index in [1.165, 1.54) is 10.6 Å². The molecule has 1 aliphatic heterocycles. The van der Waals surface area contributed by atoms with Crippen molar-refractivity contribution in [2.45, 2.75) is 66.1 Å². The van der Waals surface area contributed by atoms with Crippen LogP contribution in [0.25, 0.3) is 5.65 Å². The predicted molar refractivity (Wildman–Crippen MR) is 125 cm³/mol. The maximum absolute atomic E-state index is 13.1. The summed E-state index contributed by atoms with van der Waals surface area (Å²) in [4.78, 5) is 31.4. The monoisotopic (exact) mass is 458 g/mol. The standard InChI is InChI=1S/C24H34N4O5/c1-8-24(7)10-12-27(13-11-24)20-18(19(22(31)32-9-2)33-23(4,5)6)15(3)25-17-14-16(21(29)30)26-28(17)20/h8,14,19H,1,9-13H2,2-7H3,(H,29,30)/t19-/m0/s1. The van der Waals surface area contributed by atoms with Crippen molar-refractivity contribution in [1.29, 1.82) is 0 Å². The molecule has 3 rings (SSSR count). The van der Waals surface area contributed by atoms with Gasteiger partial charge in [-0.05, 0) is 52.9 Å². The number of anilines is 1. The molecule has 1 N–H and O–H groups in total. The van der Waals surface area contributed by atoms with Crippen molar-refractivity contribution in [3.63, 3.8) is 0 Å². The van der Waals surface area contributed by atoms with E-state index in [0.29, 0.717) is 35.8 Å². The van der Waals surface area contributed by atoms with E-state index in [1.54, 1.807) is 13.8 Å². The van der Waals surface area contributed by atoms with E-state index in [9.17, 15) is 14.7 Å². The van der Waals surface area contributed by atoms with Crippen molar-refractivity contribution in [3.8, 4) is 0 Å². The van der Waals surface area contributed by atoms with Crippen molar-refractivity contribution < 1.29 is 24.2 Å². The zero-order valence-electron chi connectivity index (χ0n) is 20.3. The van der Waals surface area contributed by atoms with Crippen molar-refractivity contribution in [1.82, 2.24) is 14.6 Å². The second-order valence-electron chi connectivity index (χ2n) is 9.75. The number of carboxylic acids is 1. The van der Waals surface area contributed by atoms with E-state index in [2.05, 4.69) is 28.5 Å². The van der Waals surface area contributed by atoms with Crippen molar-refractivity contribution in [2.75, 3.05) is 24.6 Å². The van der Waals surface area contributed by atoms with Gasteiger partial charge in [0.05, 0.1) is 17.8 Å². The summed E-state index contributed by atoms with van der Waals surface area (Å²) < 4.78 is 13.1. The number of piperidine rings is 1. The molecule has 9 heteroatoms. The molecule has 0 saturated carbocycles. The number of ether oxygens (including phenoxy) is 2. The van der Waals surface area contributed by atoms with Crippen LogP contribution in [0.4, 0.5) is 5.82 Å². The Labute approximate surface area is 194 Å². The van der Waals surface area contributed by atoms with Crippen LogP contribution in [0.1, 0.15) is 75.3 Å². The fourth-order valence-electron chi connectivity index (χ4n) is 4.06. The minimum Gasteiger partial charge on any atom is -0.476 e. The molecule has 3 heterocycles. The van der Waals surface area contributed by atoms with Crippen LogP contribution in [0.3, 0.4) is 0 Å². The second-order valence-corrected chi connectivity index (χ2v) is 9.75. The molecule has 0 radical (unpaired) electrons. The number of rotatable bonds is 7. The van der Waals surface area contributed by atoms with Gasteiger partial charge in [-0.2, -0.15) is 9.61 Å². The summed E-state index contributed by atoms with van der Waals surface area (Å²) in [5.41, 5.74) is 0.760. The molecule has 0 unspecified atom stereocenters. The Balaban J connectivity index is 2.25. The van der Waals surface area contributed by atoms with Gasteiger partial charge in [-0.25, -0.2) is 14.6 Å².